The van der Waals surface area contributed by atoms with E-state index in [0.717, 1.165) is 0 Å². The van der Waals surface area contributed by atoms with Crippen LogP contribution in [-0.4, -0.2) is 5.24 Å². The Hall–Kier alpha value is -2.08. The number of benzene rings is 2. The summed E-state index contributed by atoms with van der Waals surface area (Å²) >= 11 is 4.89. The summed E-state index contributed by atoms with van der Waals surface area (Å²) in [5.41, 5.74) is -0.951. The minimum Gasteiger partial charge on any atom is -0.483 e. The number of carbonyl (C=O) groups excluding carboxylic acids is 1. The van der Waals surface area contributed by atoms with E-state index in [-0.39, 0.29) is 6.61 Å². The average Bonchev–Trinajstić information content (AvgIpc) is 2.46. The lowest BCUT2D eigenvalue weighted by Gasteiger charge is -2.11. The molecular formula is C14H7ClF4O2. The van der Waals surface area contributed by atoms with Gasteiger partial charge in [-0.05, 0) is 17.2 Å². The van der Waals surface area contributed by atoms with E-state index in [1.165, 1.54) is 0 Å². The van der Waals surface area contributed by atoms with Crippen LogP contribution in [0.25, 0.3) is 0 Å². The van der Waals surface area contributed by atoms with Crippen molar-refractivity contribution in [2.24, 2.45) is 0 Å². The first-order valence-electron chi connectivity index (χ1n) is 5.66. The summed E-state index contributed by atoms with van der Waals surface area (Å²) in [6.45, 7) is -0.304. The molecule has 0 bridgehead atoms. The average molecular weight is 319 g/mol. The molecule has 2 aromatic carbocycles. The standard InChI is InChI=1S/C14H7ClF4O2/c15-14(20)8-9(16)11(18)13(12(19)10(8)17)21-6-7-4-2-1-3-5-7/h1-5H,6H2. The summed E-state index contributed by atoms with van der Waals surface area (Å²) in [6, 6.07) is 8.22. The lowest BCUT2D eigenvalue weighted by atomic mass is 10.1. The Balaban J connectivity index is 2.39. The molecule has 0 spiro atoms. The molecule has 0 fully saturated rings. The van der Waals surface area contributed by atoms with Crippen LogP contribution in [0.2, 0.25) is 0 Å². The Morgan fingerprint density at radius 2 is 1.48 bits per heavy atom. The second kappa shape index (κ2) is 6.13. The van der Waals surface area contributed by atoms with Gasteiger partial charge in [-0.1, -0.05) is 30.3 Å². The molecule has 0 saturated heterocycles. The fraction of sp³-hybridized carbons (Fsp3) is 0.0714. The molecule has 0 radical (unpaired) electrons. The van der Waals surface area contributed by atoms with Crippen molar-refractivity contribution in [1.29, 1.82) is 0 Å². The fourth-order valence-corrected chi connectivity index (χ4v) is 1.81. The van der Waals surface area contributed by atoms with Crippen LogP contribution in [-0.2, 0) is 6.61 Å². The van der Waals surface area contributed by atoms with Gasteiger partial charge in [0, 0.05) is 0 Å². The molecule has 0 atom stereocenters. The van der Waals surface area contributed by atoms with Gasteiger partial charge in [-0.15, -0.1) is 0 Å². The van der Waals surface area contributed by atoms with Crippen molar-refractivity contribution in [3.05, 3.63) is 64.7 Å². The summed E-state index contributed by atoms with van der Waals surface area (Å²) in [5, 5.41) is -1.64. The van der Waals surface area contributed by atoms with Gasteiger partial charge in [-0.3, -0.25) is 4.79 Å². The van der Waals surface area contributed by atoms with Gasteiger partial charge < -0.3 is 4.74 Å². The second-order valence-electron chi connectivity index (χ2n) is 4.01. The summed E-state index contributed by atoms with van der Waals surface area (Å²) < 4.78 is 59.1. The molecule has 110 valence electrons. The number of rotatable bonds is 4. The van der Waals surface area contributed by atoms with Gasteiger partial charge in [0.25, 0.3) is 5.24 Å². The van der Waals surface area contributed by atoms with E-state index >= 15 is 0 Å². The Kier molecular flexibility index (Phi) is 4.47. The maximum absolute atomic E-state index is 13.6. The lowest BCUT2D eigenvalue weighted by molar-refractivity contribution is 0.107. The number of ether oxygens (including phenoxy) is 1. The van der Waals surface area contributed by atoms with Gasteiger partial charge in [0.2, 0.25) is 11.6 Å². The summed E-state index contributed by atoms with van der Waals surface area (Å²) in [7, 11) is 0. The van der Waals surface area contributed by atoms with Crippen molar-refractivity contribution in [3.63, 3.8) is 0 Å². The highest BCUT2D eigenvalue weighted by Gasteiger charge is 2.29. The van der Waals surface area contributed by atoms with Crippen LogP contribution in [0.15, 0.2) is 30.3 Å². The van der Waals surface area contributed by atoms with E-state index in [1.54, 1.807) is 30.3 Å². The van der Waals surface area contributed by atoms with Crippen molar-refractivity contribution < 1.29 is 27.1 Å². The van der Waals surface area contributed by atoms with Crippen molar-refractivity contribution in [2.45, 2.75) is 6.61 Å². The number of hydrogen-bond acceptors (Lipinski definition) is 2. The Morgan fingerprint density at radius 3 is 1.95 bits per heavy atom. The number of hydrogen-bond donors (Lipinski definition) is 0. The molecule has 2 rings (SSSR count). The first-order valence-corrected chi connectivity index (χ1v) is 6.03. The van der Waals surface area contributed by atoms with Gasteiger partial charge >= 0.3 is 0 Å². The fourth-order valence-electron chi connectivity index (χ4n) is 1.64. The minimum absolute atomic E-state index is 0.304. The maximum Gasteiger partial charge on any atom is 0.258 e. The molecule has 0 heterocycles. The molecule has 21 heavy (non-hydrogen) atoms. The largest absolute Gasteiger partial charge is 0.483 e. The highest BCUT2D eigenvalue weighted by atomic mass is 35.5. The number of halogens is 5. The summed E-state index contributed by atoms with van der Waals surface area (Å²) in [5.74, 6) is -8.65. The predicted molar refractivity (Wildman–Crippen MR) is 67.2 cm³/mol. The Morgan fingerprint density at radius 1 is 0.952 bits per heavy atom. The van der Waals surface area contributed by atoms with Crippen LogP contribution in [0.4, 0.5) is 17.6 Å². The van der Waals surface area contributed by atoms with E-state index in [4.69, 9.17) is 16.3 Å². The van der Waals surface area contributed by atoms with Gasteiger partial charge in [-0.25, -0.2) is 8.78 Å². The molecule has 2 aromatic rings. The third-order valence-corrected chi connectivity index (χ3v) is 2.83. The van der Waals surface area contributed by atoms with E-state index < -0.39 is 39.8 Å². The zero-order chi connectivity index (χ0) is 15.6. The smallest absolute Gasteiger partial charge is 0.258 e. The van der Waals surface area contributed by atoms with Crippen molar-refractivity contribution >= 4 is 16.8 Å². The quantitative estimate of drug-likeness (QED) is 0.480. The molecular weight excluding hydrogens is 312 g/mol. The Labute approximate surface area is 121 Å². The highest BCUT2D eigenvalue weighted by Crippen LogP contribution is 2.31. The van der Waals surface area contributed by atoms with E-state index in [2.05, 4.69) is 0 Å². The molecule has 0 unspecified atom stereocenters. The van der Waals surface area contributed by atoms with Crippen LogP contribution in [0.3, 0.4) is 0 Å². The third kappa shape index (κ3) is 3.00. The molecule has 0 saturated carbocycles. The predicted octanol–water partition coefficient (Wildman–Crippen LogP) is 4.20. The SMILES string of the molecule is O=C(Cl)c1c(F)c(F)c(OCc2ccccc2)c(F)c1F. The molecule has 0 aliphatic heterocycles. The lowest BCUT2D eigenvalue weighted by Crippen LogP contribution is -2.10. The first kappa shape index (κ1) is 15.3. The highest BCUT2D eigenvalue weighted by molar-refractivity contribution is 6.67. The maximum atomic E-state index is 13.6. The normalized spacial score (nSPS) is 10.5. The van der Waals surface area contributed by atoms with Crippen molar-refractivity contribution in [1.82, 2.24) is 0 Å². The topological polar surface area (TPSA) is 26.3 Å². The van der Waals surface area contributed by atoms with E-state index in [9.17, 15) is 22.4 Å². The molecule has 0 amide bonds. The third-order valence-electron chi connectivity index (χ3n) is 2.65. The summed E-state index contributed by atoms with van der Waals surface area (Å²) in [6.07, 6.45) is 0. The zero-order valence-corrected chi connectivity index (χ0v) is 11.1. The van der Waals surface area contributed by atoms with Gasteiger partial charge in [0.15, 0.2) is 17.4 Å². The van der Waals surface area contributed by atoms with Crippen LogP contribution >= 0.6 is 11.6 Å². The van der Waals surface area contributed by atoms with Crippen LogP contribution < -0.4 is 4.74 Å². The molecule has 0 N–H and O–H groups in total. The second-order valence-corrected chi connectivity index (χ2v) is 4.35. The first-order chi connectivity index (χ1) is 9.93. The van der Waals surface area contributed by atoms with E-state index in [0.29, 0.717) is 5.56 Å². The molecule has 0 aromatic heterocycles. The molecule has 0 aliphatic rings. The molecule has 7 heteroatoms. The molecule has 0 aliphatic carbocycles. The Bertz CT molecular complexity index is 660. The van der Waals surface area contributed by atoms with E-state index in [1.807, 2.05) is 0 Å². The van der Waals surface area contributed by atoms with Crippen molar-refractivity contribution in [2.75, 3.05) is 0 Å². The summed E-state index contributed by atoms with van der Waals surface area (Å²) in [4.78, 5) is 10.8. The monoisotopic (exact) mass is 318 g/mol. The van der Waals surface area contributed by atoms with Gasteiger partial charge in [0.1, 0.15) is 12.2 Å². The van der Waals surface area contributed by atoms with Crippen LogP contribution in [0.1, 0.15) is 15.9 Å². The number of carbonyl (C=O) groups is 1. The van der Waals surface area contributed by atoms with Gasteiger partial charge in [0.05, 0.1) is 0 Å². The zero-order valence-electron chi connectivity index (χ0n) is 10.3. The minimum atomic E-state index is -1.89. The molecule has 2 nitrogen and oxygen atoms in total. The van der Waals surface area contributed by atoms with Crippen LogP contribution in [0.5, 0.6) is 5.75 Å². The van der Waals surface area contributed by atoms with Crippen molar-refractivity contribution in [3.8, 4) is 5.75 Å². The van der Waals surface area contributed by atoms with Crippen LogP contribution in [0, 0.1) is 23.3 Å². The van der Waals surface area contributed by atoms with Gasteiger partial charge in [-0.2, -0.15) is 8.78 Å².